The van der Waals surface area contributed by atoms with Crippen molar-refractivity contribution in [2.24, 2.45) is 0 Å². The molecule has 1 aromatic heterocycles. The molecule has 0 bridgehead atoms. The second kappa shape index (κ2) is 6.78. The van der Waals surface area contributed by atoms with Crippen molar-refractivity contribution in [3.63, 3.8) is 0 Å². The topological polar surface area (TPSA) is 76.0 Å². The number of aromatic nitrogens is 2. The number of rotatable bonds is 4. The molecule has 0 radical (unpaired) electrons. The molecule has 0 fully saturated rings. The van der Waals surface area contributed by atoms with Crippen LogP contribution in [0.5, 0.6) is 0 Å². The van der Waals surface area contributed by atoms with Crippen molar-refractivity contribution in [1.29, 1.82) is 0 Å². The van der Waals surface area contributed by atoms with Gasteiger partial charge in [0.15, 0.2) is 5.69 Å². The van der Waals surface area contributed by atoms with Gasteiger partial charge in [-0.15, -0.1) is 0 Å². The molecule has 24 heavy (non-hydrogen) atoms. The van der Waals surface area contributed by atoms with Crippen LogP contribution in [-0.4, -0.2) is 28.6 Å². The molecule has 3 aromatic rings. The van der Waals surface area contributed by atoms with Gasteiger partial charge in [-0.05, 0) is 30.3 Å². The number of carbonyl (C=O) groups is 2. The standard InChI is InChI=1S/C18H16N4O2/c1-19-17(23)14-9-5-6-10-15(14)20-18(24)16-11-12-22(21-16)13-7-3-2-4-8-13/h2-12H,1H3,(H,19,23)(H,20,24). The summed E-state index contributed by atoms with van der Waals surface area (Å²) in [6.45, 7) is 0. The van der Waals surface area contributed by atoms with Crippen LogP contribution in [-0.2, 0) is 0 Å². The van der Waals surface area contributed by atoms with Gasteiger partial charge >= 0.3 is 0 Å². The van der Waals surface area contributed by atoms with Gasteiger partial charge in [-0.2, -0.15) is 5.10 Å². The molecule has 2 N–H and O–H groups in total. The van der Waals surface area contributed by atoms with Crippen LogP contribution in [0.1, 0.15) is 20.8 Å². The summed E-state index contributed by atoms with van der Waals surface area (Å²) in [5.41, 5.74) is 1.97. The van der Waals surface area contributed by atoms with Gasteiger partial charge in [0.05, 0.1) is 16.9 Å². The molecule has 2 amide bonds. The predicted octanol–water partition coefficient (Wildman–Crippen LogP) is 2.48. The Morgan fingerprint density at radius 3 is 2.38 bits per heavy atom. The van der Waals surface area contributed by atoms with Crippen LogP contribution in [0.25, 0.3) is 5.69 Å². The lowest BCUT2D eigenvalue weighted by Gasteiger charge is -2.08. The Labute approximate surface area is 139 Å². The lowest BCUT2D eigenvalue weighted by Crippen LogP contribution is -2.21. The lowest BCUT2D eigenvalue weighted by atomic mass is 10.1. The molecule has 0 aliphatic carbocycles. The highest BCUT2D eigenvalue weighted by Crippen LogP contribution is 2.16. The molecule has 0 saturated heterocycles. The number of amides is 2. The highest BCUT2D eigenvalue weighted by molar-refractivity contribution is 6.08. The van der Waals surface area contributed by atoms with E-state index in [9.17, 15) is 9.59 Å². The highest BCUT2D eigenvalue weighted by atomic mass is 16.2. The van der Waals surface area contributed by atoms with Crippen LogP contribution in [0.4, 0.5) is 5.69 Å². The molecule has 0 aliphatic heterocycles. The van der Waals surface area contributed by atoms with Crippen molar-refractivity contribution in [1.82, 2.24) is 15.1 Å². The number of benzene rings is 2. The Kier molecular flexibility index (Phi) is 4.38. The zero-order valence-corrected chi connectivity index (χ0v) is 13.1. The number of nitrogens with zero attached hydrogens (tertiary/aromatic N) is 2. The number of carbonyl (C=O) groups excluding carboxylic acids is 2. The van der Waals surface area contributed by atoms with Gasteiger partial charge in [-0.3, -0.25) is 9.59 Å². The van der Waals surface area contributed by atoms with Gasteiger partial charge < -0.3 is 10.6 Å². The molecule has 1 heterocycles. The summed E-state index contributed by atoms with van der Waals surface area (Å²) in [7, 11) is 1.54. The summed E-state index contributed by atoms with van der Waals surface area (Å²) in [4.78, 5) is 24.3. The molecule has 0 spiro atoms. The molecule has 120 valence electrons. The first-order valence-electron chi connectivity index (χ1n) is 7.42. The first-order chi connectivity index (χ1) is 11.7. The maximum Gasteiger partial charge on any atom is 0.276 e. The van der Waals surface area contributed by atoms with Crippen LogP contribution in [0.2, 0.25) is 0 Å². The van der Waals surface area contributed by atoms with Crippen LogP contribution in [0.3, 0.4) is 0 Å². The minimum Gasteiger partial charge on any atom is -0.355 e. The van der Waals surface area contributed by atoms with Gasteiger partial charge in [-0.25, -0.2) is 4.68 Å². The van der Waals surface area contributed by atoms with E-state index in [1.807, 2.05) is 30.3 Å². The summed E-state index contributed by atoms with van der Waals surface area (Å²) >= 11 is 0. The first-order valence-corrected chi connectivity index (χ1v) is 7.42. The number of anilines is 1. The number of hydrogen-bond donors (Lipinski definition) is 2. The van der Waals surface area contributed by atoms with Crippen molar-refractivity contribution < 1.29 is 9.59 Å². The Bertz CT molecular complexity index is 871. The Morgan fingerprint density at radius 1 is 0.917 bits per heavy atom. The zero-order valence-electron chi connectivity index (χ0n) is 13.1. The second-order valence-electron chi connectivity index (χ2n) is 5.06. The molecule has 2 aromatic carbocycles. The molecule has 0 saturated carbocycles. The summed E-state index contributed by atoms with van der Waals surface area (Å²) in [6.07, 6.45) is 1.72. The summed E-state index contributed by atoms with van der Waals surface area (Å²) in [5, 5.41) is 9.56. The lowest BCUT2D eigenvalue weighted by molar-refractivity contribution is 0.0964. The number of para-hydroxylation sites is 2. The van der Waals surface area contributed by atoms with Crippen LogP contribution < -0.4 is 10.6 Å². The van der Waals surface area contributed by atoms with E-state index in [2.05, 4.69) is 15.7 Å². The second-order valence-corrected chi connectivity index (χ2v) is 5.06. The normalized spacial score (nSPS) is 10.2. The number of hydrogen-bond acceptors (Lipinski definition) is 3. The van der Waals surface area contributed by atoms with E-state index in [0.29, 0.717) is 11.3 Å². The minimum atomic E-state index is -0.374. The average molecular weight is 320 g/mol. The van der Waals surface area contributed by atoms with Crippen molar-refractivity contribution in [2.45, 2.75) is 0 Å². The molecule has 6 nitrogen and oxygen atoms in total. The van der Waals surface area contributed by atoms with E-state index in [4.69, 9.17) is 0 Å². The van der Waals surface area contributed by atoms with E-state index >= 15 is 0 Å². The molecular formula is C18H16N4O2. The van der Waals surface area contributed by atoms with Gasteiger partial charge in [0, 0.05) is 13.2 Å². The SMILES string of the molecule is CNC(=O)c1ccccc1NC(=O)c1ccn(-c2ccccc2)n1. The molecule has 0 aliphatic rings. The summed E-state index contributed by atoms with van der Waals surface area (Å²) in [5.74, 6) is -0.637. The summed E-state index contributed by atoms with van der Waals surface area (Å²) in [6, 6.07) is 18.0. The van der Waals surface area contributed by atoms with Crippen molar-refractivity contribution in [3.8, 4) is 5.69 Å². The fourth-order valence-corrected chi connectivity index (χ4v) is 2.28. The Hall–Kier alpha value is -3.41. The Balaban J connectivity index is 1.82. The highest BCUT2D eigenvalue weighted by Gasteiger charge is 2.15. The van der Waals surface area contributed by atoms with E-state index in [1.165, 1.54) is 0 Å². The maximum atomic E-state index is 12.4. The van der Waals surface area contributed by atoms with Crippen molar-refractivity contribution in [2.75, 3.05) is 12.4 Å². The molecule has 3 rings (SSSR count). The predicted molar refractivity (Wildman–Crippen MR) is 91.3 cm³/mol. The number of nitrogens with one attached hydrogen (secondary N) is 2. The molecular weight excluding hydrogens is 304 g/mol. The summed E-state index contributed by atoms with van der Waals surface area (Å²) < 4.78 is 1.62. The Morgan fingerprint density at radius 2 is 1.62 bits per heavy atom. The van der Waals surface area contributed by atoms with Gasteiger partial charge in [0.25, 0.3) is 11.8 Å². The molecule has 0 atom stereocenters. The quantitative estimate of drug-likeness (QED) is 0.775. The fourth-order valence-electron chi connectivity index (χ4n) is 2.28. The smallest absolute Gasteiger partial charge is 0.276 e. The largest absolute Gasteiger partial charge is 0.355 e. The third-order valence-corrected chi connectivity index (χ3v) is 3.49. The van der Waals surface area contributed by atoms with Gasteiger partial charge in [-0.1, -0.05) is 30.3 Å². The monoisotopic (exact) mass is 320 g/mol. The molecule has 6 heteroatoms. The molecule has 0 unspecified atom stereocenters. The third kappa shape index (κ3) is 3.17. The maximum absolute atomic E-state index is 12.4. The van der Waals surface area contributed by atoms with E-state index in [0.717, 1.165) is 5.69 Å². The zero-order chi connectivity index (χ0) is 16.9. The van der Waals surface area contributed by atoms with Crippen LogP contribution in [0.15, 0.2) is 66.9 Å². The average Bonchev–Trinajstić information content (AvgIpc) is 3.12. The minimum absolute atomic E-state index is 0.263. The van der Waals surface area contributed by atoms with E-state index < -0.39 is 0 Å². The van der Waals surface area contributed by atoms with Crippen molar-refractivity contribution >= 4 is 17.5 Å². The van der Waals surface area contributed by atoms with Crippen LogP contribution in [0, 0.1) is 0 Å². The van der Waals surface area contributed by atoms with E-state index in [1.54, 1.807) is 48.3 Å². The van der Waals surface area contributed by atoms with Gasteiger partial charge in [0.1, 0.15) is 0 Å². The first kappa shape index (κ1) is 15.5. The van der Waals surface area contributed by atoms with Crippen molar-refractivity contribution in [3.05, 3.63) is 78.1 Å². The van der Waals surface area contributed by atoms with Crippen LogP contribution >= 0.6 is 0 Å². The van der Waals surface area contributed by atoms with Gasteiger partial charge in [0.2, 0.25) is 0 Å². The van der Waals surface area contributed by atoms with E-state index in [-0.39, 0.29) is 17.5 Å². The third-order valence-electron chi connectivity index (χ3n) is 3.49. The fraction of sp³-hybridized carbons (Fsp3) is 0.0556.